The second-order valence-corrected chi connectivity index (χ2v) is 9.32. The number of nitrogens with one attached hydrogen (secondary N) is 1. The normalized spacial score (nSPS) is 14.1. The largest absolute Gasteiger partial charge is 0.381 e. The molecule has 1 saturated carbocycles. The number of ketones is 1. The third kappa shape index (κ3) is 6.63. The number of anilines is 1. The fraction of sp³-hybridized carbons (Fsp3) is 0.448. The lowest BCUT2D eigenvalue weighted by molar-refractivity contribution is 0.101. The molecule has 4 rings (SSSR count). The Labute approximate surface area is 203 Å². The van der Waals surface area contributed by atoms with Crippen LogP contribution in [0.3, 0.4) is 0 Å². The predicted octanol–water partition coefficient (Wildman–Crippen LogP) is 7.25. The van der Waals surface area contributed by atoms with Crippen LogP contribution in [0.2, 0.25) is 0 Å². The second-order valence-electron chi connectivity index (χ2n) is 9.32. The molecule has 1 N–H and O–H groups in total. The first-order valence-electron chi connectivity index (χ1n) is 12.5. The van der Waals surface area contributed by atoms with E-state index in [2.05, 4.69) is 36.1 Å². The zero-order chi connectivity index (χ0) is 24.7. The predicted molar refractivity (Wildman–Crippen MR) is 141 cm³/mol. The van der Waals surface area contributed by atoms with Gasteiger partial charge in [-0.25, -0.2) is 4.39 Å². The quantitative estimate of drug-likeness (QED) is 0.391. The van der Waals surface area contributed by atoms with Crippen molar-refractivity contribution in [1.82, 2.24) is 9.88 Å². The third-order valence-corrected chi connectivity index (χ3v) is 6.66. The van der Waals surface area contributed by atoms with Gasteiger partial charge in [0.1, 0.15) is 5.82 Å². The molecular weight excluding hydrogens is 425 g/mol. The maximum Gasteiger partial charge on any atom is 0.163 e. The van der Waals surface area contributed by atoms with Gasteiger partial charge in [0.2, 0.25) is 0 Å². The number of Topliss-reactive ketones (excluding diaryl/α,β-unsaturated/α-hetero) is 1. The molecule has 1 aliphatic rings. The van der Waals surface area contributed by atoms with E-state index in [4.69, 9.17) is 0 Å². The minimum absolute atomic E-state index is 0.000266. The van der Waals surface area contributed by atoms with Crippen LogP contribution in [-0.2, 0) is 0 Å². The first-order valence-corrected chi connectivity index (χ1v) is 12.5. The number of pyridine rings is 1. The average molecular weight is 464 g/mol. The summed E-state index contributed by atoms with van der Waals surface area (Å²) < 4.78 is 13.9. The van der Waals surface area contributed by atoms with Gasteiger partial charge in [-0.3, -0.25) is 9.78 Å². The molecule has 0 bridgehead atoms. The van der Waals surface area contributed by atoms with Crippen LogP contribution >= 0.6 is 0 Å². The Bertz CT molecular complexity index is 1100. The molecule has 5 heteroatoms. The lowest BCUT2D eigenvalue weighted by Crippen LogP contribution is -2.23. The van der Waals surface area contributed by atoms with E-state index in [1.807, 2.05) is 31.2 Å². The van der Waals surface area contributed by atoms with Crippen molar-refractivity contribution in [2.75, 3.05) is 25.5 Å². The topological polar surface area (TPSA) is 45.2 Å². The van der Waals surface area contributed by atoms with E-state index in [0.717, 1.165) is 59.2 Å². The first-order chi connectivity index (χ1) is 16.3. The van der Waals surface area contributed by atoms with Gasteiger partial charge in [-0.2, -0.15) is 0 Å². The summed E-state index contributed by atoms with van der Waals surface area (Å²) in [5, 5.41) is 4.55. The Morgan fingerprint density at radius 1 is 1.06 bits per heavy atom. The molecule has 0 atom stereocenters. The molecule has 0 spiro atoms. The van der Waals surface area contributed by atoms with Crippen molar-refractivity contribution in [1.29, 1.82) is 0 Å². The summed E-state index contributed by atoms with van der Waals surface area (Å²) in [6, 6.07) is 11.3. The number of carbonyl (C=O) groups is 1. The van der Waals surface area contributed by atoms with E-state index in [0.29, 0.717) is 11.6 Å². The summed E-state index contributed by atoms with van der Waals surface area (Å²) >= 11 is 0. The molecule has 0 unspecified atom stereocenters. The molecule has 3 aromatic rings. The zero-order valence-electron chi connectivity index (χ0n) is 21.2. The SMILES string of the molecule is CC(=O)c1cnc2ccc(-c3cc(C)cc(F)c3)cc2c1NC1CCCCC1.CCN(C)CC. The Hall–Kier alpha value is -2.79. The standard InChI is InChI=1S/C24H25FN2O.C5H13N/c1-15-10-18(12-19(25)11-15)17-8-9-23-21(13-17)24(22(14-26-23)16(2)28)27-20-6-4-3-5-7-20;1-4-6(3)5-2/h8-14,20H,3-7H2,1-2H3,(H,26,27);4-5H2,1-3H3. The second kappa shape index (κ2) is 12.1. The molecule has 0 amide bonds. The van der Waals surface area contributed by atoms with E-state index in [-0.39, 0.29) is 11.6 Å². The number of hydrogen-bond acceptors (Lipinski definition) is 4. The van der Waals surface area contributed by atoms with Crippen molar-refractivity contribution in [3.8, 4) is 11.1 Å². The van der Waals surface area contributed by atoms with Crippen LogP contribution in [0.4, 0.5) is 10.1 Å². The average Bonchev–Trinajstić information content (AvgIpc) is 2.83. The summed E-state index contributed by atoms with van der Waals surface area (Å²) in [4.78, 5) is 19.0. The molecule has 1 aromatic heterocycles. The smallest absolute Gasteiger partial charge is 0.163 e. The molecule has 0 saturated heterocycles. The van der Waals surface area contributed by atoms with Gasteiger partial charge in [0.05, 0.1) is 16.8 Å². The van der Waals surface area contributed by atoms with Crippen molar-refractivity contribution in [2.24, 2.45) is 0 Å². The fourth-order valence-corrected chi connectivity index (χ4v) is 4.37. The summed E-state index contributed by atoms with van der Waals surface area (Å²) in [6.07, 6.45) is 7.60. The highest BCUT2D eigenvalue weighted by Crippen LogP contribution is 2.33. The lowest BCUT2D eigenvalue weighted by Gasteiger charge is -2.25. The summed E-state index contributed by atoms with van der Waals surface area (Å²) in [5.74, 6) is -0.244. The van der Waals surface area contributed by atoms with Crippen LogP contribution in [0.5, 0.6) is 0 Å². The number of benzene rings is 2. The third-order valence-electron chi connectivity index (χ3n) is 6.66. The van der Waals surface area contributed by atoms with Crippen molar-refractivity contribution < 1.29 is 9.18 Å². The number of halogens is 1. The number of aromatic nitrogens is 1. The van der Waals surface area contributed by atoms with E-state index < -0.39 is 0 Å². The summed E-state index contributed by atoms with van der Waals surface area (Å²) in [5.41, 5.74) is 4.94. The molecule has 4 nitrogen and oxygen atoms in total. The number of carbonyl (C=O) groups excluding carboxylic acids is 1. The molecule has 0 radical (unpaired) electrons. The minimum atomic E-state index is -0.244. The van der Waals surface area contributed by atoms with Crippen LogP contribution in [0.15, 0.2) is 42.6 Å². The van der Waals surface area contributed by atoms with Gasteiger partial charge in [0.15, 0.2) is 5.78 Å². The van der Waals surface area contributed by atoms with E-state index in [1.54, 1.807) is 19.2 Å². The van der Waals surface area contributed by atoms with Crippen molar-refractivity contribution in [3.05, 3.63) is 59.5 Å². The molecular formula is C29H38FN3O. The highest BCUT2D eigenvalue weighted by atomic mass is 19.1. The number of hydrogen-bond donors (Lipinski definition) is 1. The monoisotopic (exact) mass is 463 g/mol. The van der Waals surface area contributed by atoms with Gasteiger partial charge >= 0.3 is 0 Å². The van der Waals surface area contributed by atoms with Crippen LogP contribution in [0.1, 0.15) is 68.8 Å². The lowest BCUT2D eigenvalue weighted by atomic mass is 9.94. The fourth-order valence-electron chi connectivity index (χ4n) is 4.37. The molecule has 0 aliphatic heterocycles. The maximum absolute atomic E-state index is 13.9. The molecule has 1 fully saturated rings. The summed E-state index contributed by atoms with van der Waals surface area (Å²) in [6.45, 7) is 10.1. The molecule has 2 aromatic carbocycles. The highest BCUT2D eigenvalue weighted by Gasteiger charge is 2.19. The van der Waals surface area contributed by atoms with Crippen LogP contribution in [0, 0.1) is 12.7 Å². The van der Waals surface area contributed by atoms with Crippen molar-refractivity contribution in [3.63, 3.8) is 0 Å². The van der Waals surface area contributed by atoms with Gasteiger partial charge < -0.3 is 10.2 Å². The van der Waals surface area contributed by atoms with Gasteiger partial charge in [-0.1, -0.05) is 45.2 Å². The van der Waals surface area contributed by atoms with Crippen LogP contribution in [0.25, 0.3) is 22.0 Å². The van der Waals surface area contributed by atoms with E-state index in [1.165, 1.54) is 25.3 Å². The van der Waals surface area contributed by atoms with Gasteiger partial charge in [-0.15, -0.1) is 0 Å². The van der Waals surface area contributed by atoms with E-state index >= 15 is 0 Å². The Balaban J connectivity index is 0.000000481. The van der Waals surface area contributed by atoms with Crippen molar-refractivity contribution >= 4 is 22.4 Å². The maximum atomic E-state index is 13.9. The number of aryl methyl sites for hydroxylation is 1. The minimum Gasteiger partial charge on any atom is -0.381 e. The van der Waals surface area contributed by atoms with Crippen molar-refractivity contribution in [2.45, 2.75) is 65.8 Å². The number of nitrogens with zero attached hydrogens (tertiary/aromatic N) is 2. The highest BCUT2D eigenvalue weighted by molar-refractivity contribution is 6.07. The molecule has 1 heterocycles. The zero-order valence-corrected chi connectivity index (χ0v) is 21.2. The molecule has 182 valence electrons. The number of rotatable bonds is 6. The van der Waals surface area contributed by atoms with Crippen LogP contribution < -0.4 is 5.32 Å². The Morgan fingerprint density at radius 2 is 1.76 bits per heavy atom. The van der Waals surface area contributed by atoms with Gasteiger partial charge in [0.25, 0.3) is 0 Å². The molecule has 34 heavy (non-hydrogen) atoms. The van der Waals surface area contributed by atoms with Gasteiger partial charge in [0, 0.05) is 17.6 Å². The molecule has 1 aliphatic carbocycles. The number of fused-ring (bicyclic) bond motifs is 1. The van der Waals surface area contributed by atoms with Crippen LogP contribution in [-0.4, -0.2) is 41.8 Å². The Kier molecular flexibility index (Phi) is 9.17. The Morgan fingerprint density at radius 3 is 2.35 bits per heavy atom. The first kappa shape index (κ1) is 25.8. The van der Waals surface area contributed by atoms with E-state index in [9.17, 15) is 9.18 Å². The summed E-state index contributed by atoms with van der Waals surface area (Å²) in [7, 11) is 2.11. The van der Waals surface area contributed by atoms with Gasteiger partial charge in [-0.05, 0) is 87.8 Å².